The zero-order valence-corrected chi connectivity index (χ0v) is 17.3. The first kappa shape index (κ1) is 20.8. The number of aliphatic hydroxyl groups is 2. The van der Waals surface area contributed by atoms with Crippen LogP contribution in [0.1, 0.15) is 12.0 Å². The number of rotatable bonds is 8. The molecular weight excluding hydrogens is 475 g/mol. The first-order valence-corrected chi connectivity index (χ1v) is 10.1. The van der Waals surface area contributed by atoms with Crippen molar-refractivity contribution in [3.05, 3.63) is 63.6 Å². The van der Waals surface area contributed by atoms with Gasteiger partial charge in [0.25, 0.3) is 0 Å². The van der Waals surface area contributed by atoms with E-state index in [4.69, 9.17) is 14.3 Å². The Hall–Kier alpha value is -1.88. The summed E-state index contributed by atoms with van der Waals surface area (Å²) in [5.74, 6) is 0.376. The first-order valence-electron chi connectivity index (χ1n) is 9.02. The third-order valence-electron chi connectivity index (χ3n) is 4.49. The molecule has 0 saturated carbocycles. The highest BCUT2D eigenvalue weighted by Gasteiger charge is 2.35. The van der Waals surface area contributed by atoms with Crippen LogP contribution in [0.15, 0.2) is 58.9 Å². The SMILES string of the molecule is O=C(NCCO)C1=C[C@H](Oc2ccccc2I)[C@@H](O)[C@H](NCc2ccoc2)C1. The summed E-state index contributed by atoms with van der Waals surface area (Å²) in [5.41, 5.74) is 1.46. The molecule has 0 aliphatic heterocycles. The summed E-state index contributed by atoms with van der Waals surface area (Å²) in [6.45, 7) is 0.541. The number of para-hydroxylation sites is 1. The Morgan fingerprint density at radius 3 is 2.86 bits per heavy atom. The maximum Gasteiger partial charge on any atom is 0.247 e. The molecule has 1 aliphatic rings. The van der Waals surface area contributed by atoms with E-state index in [0.717, 1.165) is 9.13 Å². The van der Waals surface area contributed by atoms with Gasteiger partial charge >= 0.3 is 0 Å². The number of nitrogens with one attached hydrogen (secondary N) is 2. The minimum atomic E-state index is -0.836. The van der Waals surface area contributed by atoms with Gasteiger partial charge in [-0.15, -0.1) is 0 Å². The Labute approximate surface area is 176 Å². The molecule has 150 valence electrons. The molecule has 0 fully saturated rings. The lowest BCUT2D eigenvalue weighted by atomic mass is 9.89. The van der Waals surface area contributed by atoms with Crippen LogP contribution in [0.25, 0.3) is 0 Å². The van der Waals surface area contributed by atoms with E-state index >= 15 is 0 Å². The number of furan rings is 1. The topological polar surface area (TPSA) is 104 Å². The molecule has 0 spiro atoms. The highest BCUT2D eigenvalue weighted by Crippen LogP contribution is 2.27. The number of hydrogen-bond donors (Lipinski definition) is 4. The quantitative estimate of drug-likeness (QED) is 0.413. The van der Waals surface area contributed by atoms with Crippen LogP contribution in [0.4, 0.5) is 0 Å². The van der Waals surface area contributed by atoms with Gasteiger partial charge in [-0.2, -0.15) is 0 Å². The minimum Gasteiger partial charge on any atom is -0.482 e. The zero-order chi connectivity index (χ0) is 19.9. The molecule has 1 heterocycles. The van der Waals surface area contributed by atoms with Crippen LogP contribution in [0, 0.1) is 3.57 Å². The molecule has 3 atom stereocenters. The number of benzene rings is 1. The molecule has 28 heavy (non-hydrogen) atoms. The number of ether oxygens (including phenoxy) is 1. The van der Waals surface area contributed by atoms with Crippen LogP contribution in [0.3, 0.4) is 0 Å². The maximum absolute atomic E-state index is 12.4. The lowest BCUT2D eigenvalue weighted by molar-refractivity contribution is -0.118. The summed E-state index contributed by atoms with van der Waals surface area (Å²) in [5, 5.41) is 25.8. The summed E-state index contributed by atoms with van der Waals surface area (Å²) >= 11 is 2.17. The highest BCUT2D eigenvalue weighted by molar-refractivity contribution is 14.1. The van der Waals surface area contributed by atoms with Crippen molar-refractivity contribution >= 4 is 28.5 Å². The van der Waals surface area contributed by atoms with Crippen molar-refractivity contribution in [3.8, 4) is 5.75 Å². The molecule has 0 unspecified atom stereocenters. The van der Waals surface area contributed by atoms with Gasteiger partial charge < -0.3 is 30.0 Å². The van der Waals surface area contributed by atoms with Gasteiger partial charge in [0.15, 0.2) is 0 Å². The molecule has 8 heteroatoms. The lowest BCUT2D eigenvalue weighted by Gasteiger charge is -2.34. The van der Waals surface area contributed by atoms with E-state index in [1.165, 1.54) is 0 Å². The van der Waals surface area contributed by atoms with E-state index in [-0.39, 0.29) is 25.1 Å². The van der Waals surface area contributed by atoms with Gasteiger partial charge in [-0.1, -0.05) is 12.1 Å². The van der Waals surface area contributed by atoms with Crippen molar-refractivity contribution < 1.29 is 24.2 Å². The van der Waals surface area contributed by atoms with Crippen LogP contribution in [-0.2, 0) is 11.3 Å². The van der Waals surface area contributed by atoms with Crippen molar-refractivity contribution in [2.45, 2.75) is 31.2 Å². The molecule has 2 aromatic rings. The average Bonchev–Trinajstić information content (AvgIpc) is 3.22. The Morgan fingerprint density at radius 2 is 2.14 bits per heavy atom. The van der Waals surface area contributed by atoms with Crippen molar-refractivity contribution in [3.63, 3.8) is 0 Å². The van der Waals surface area contributed by atoms with Crippen molar-refractivity contribution in [1.82, 2.24) is 10.6 Å². The second-order valence-corrected chi connectivity index (χ2v) is 7.66. The second kappa shape index (κ2) is 10.1. The standard InChI is InChI=1S/C20H23IN2O5/c21-15-3-1-2-4-17(15)28-18-10-14(20(26)22-6-7-24)9-16(19(18)25)23-11-13-5-8-27-12-13/h1-5,8,10,12,16,18-19,23-25H,6-7,9,11H2,(H,22,26)/t16-,18+,19+/m1/s1. The molecule has 1 amide bonds. The monoisotopic (exact) mass is 498 g/mol. The van der Waals surface area contributed by atoms with E-state index in [9.17, 15) is 9.90 Å². The van der Waals surface area contributed by atoms with Crippen LogP contribution in [0.2, 0.25) is 0 Å². The largest absolute Gasteiger partial charge is 0.482 e. The van der Waals surface area contributed by atoms with Gasteiger partial charge in [-0.05, 0) is 53.3 Å². The van der Waals surface area contributed by atoms with E-state index in [2.05, 4.69) is 33.2 Å². The van der Waals surface area contributed by atoms with Crippen molar-refractivity contribution in [2.24, 2.45) is 0 Å². The Morgan fingerprint density at radius 1 is 1.32 bits per heavy atom. The highest BCUT2D eigenvalue weighted by atomic mass is 127. The molecule has 1 aromatic heterocycles. The first-order chi connectivity index (χ1) is 13.6. The number of hydrogen-bond acceptors (Lipinski definition) is 6. The lowest BCUT2D eigenvalue weighted by Crippen LogP contribution is -2.51. The zero-order valence-electron chi connectivity index (χ0n) is 15.2. The molecule has 0 radical (unpaired) electrons. The molecule has 3 rings (SSSR count). The van der Waals surface area contributed by atoms with Crippen molar-refractivity contribution in [1.29, 1.82) is 0 Å². The van der Waals surface area contributed by atoms with Crippen LogP contribution in [-0.4, -0.2) is 47.5 Å². The molecule has 1 aromatic carbocycles. The predicted octanol–water partition coefficient (Wildman–Crippen LogP) is 1.59. The average molecular weight is 498 g/mol. The molecule has 1 aliphatic carbocycles. The van der Waals surface area contributed by atoms with Gasteiger partial charge in [0.2, 0.25) is 5.91 Å². The summed E-state index contributed by atoms with van der Waals surface area (Å²) < 4.78 is 12.0. The normalized spacial score (nSPS) is 21.8. The van der Waals surface area contributed by atoms with Gasteiger partial charge in [0.05, 0.1) is 22.7 Å². The minimum absolute atomic E-state index is 0.133. The van der Waals surface area contributed by atoms with E-state index in [1.807, 2.05) is 30.3 Å². The third kappa shape index (κ3) is 5.34. The predicted molar refractivity (Wildman–Crippen MR) is 112 cm³/mol. The second-order valence-electron chi connectivity index (χ2n) is 6.50. The number of carbonyl (C=O) groups excluding carboxylic acids is 1. The Kier molecular flexibility index (Phi) is 7.49. The van der Waals surface area contributed by atoms with Gasteiger partial charge in [-0.25, -0.2) is 0 Å². The van der Waals surface area contributed by atoms with Crippen LogP contribution < -0.4 is 15.4 Å². The molecular formula is C20H23IN2O5. The molecule has 0 bridgehead atoms. The molecule has 7 nitrogen and oxygen atoms in total. The van der Waals surface area contributed by atoms with E-state index in [0.29, 0.717) is 24.3 Å². The molecule has 4 N–H and O–H groups in total. The summed E-state index contributed by atoms with van der Waals surface area (Å²) in [6.07, 6.45) is 3.72. The smallest absolute Gasteiger partial charge is 0.247 e. The fourth-order valence-corrected chi connectivity index (χ4v) is 3.54. The number of aliphatic hydroxyl groups excluding tert-OH is 2. The Bertz CT molecular complexity index is 809. The number of amides is 1. The summed E-state index contributed by atoms with van der Waals surface area (Å²) in [4.78, 5) is 12.4. The van der Waals surface area contributed by atoms with Gasteiger partial charge in [0, 0.05) is 30.3 Å². The maximum atomic E-state index is 12.4. The molecule has 0 saturated heterocycles. The number of carbonyl (C=O) groups is 1. The number of halogens is 1. The van der Waals surface area contributed by atoms with Crippen LogP contribution >= 0.6 is 22.6 Å². The summed E-state index contributed by atoms with van der Waals surface area (Å²) in [7, 11) is 0. The fraction of sp³-hybridized carbons (Fsp3) is 0.350. The van der Waals surface area contributed by atoms with Gasteiger partial charge in [-0.3, -0.25) is 4.79 Å². The van der Waals surface area contributed by atoms with Crippen molar-refractivity contribution in [2.75, 3.05) is 13.2 Å². The van der Waals surface area contributed by atoms with Gasteiger partial charge in [0.1, 0.15) is 18.0 Å². The fourth-order valence-electron chi connectivity index (χ4n) is 3.03. The van der Waals surface area contributed by atoms with E-state index in [1.54, 1.807) is 18.6 Å². The van der Waals surface area contributed by atoms with E-state index < -0.39 is 12.2 Å². The van der Waals surface area contributed by atoms with Crippen LogP contribution in [0.5, 0.6) is 5.75 Å². The summed E-state index contributed by atoms with van der Waals surface area (Å²) in [6, 6.07) is 8.98. The third-order valence-corrected chi connectivity index (χ3v) is 5.38. The Balaban J connectivity index is 1.77.